The summed E-state index contributed by atoms with van der Waals surface area (Å²) >= 11 is 5.88. The zero-order chi connectivity index (χ0) is 15.0. The van der Waals surface area contributed by atoms with Gasteiger partial charge in [0.05, 0.1) is 17.1 Å². The molecule has 1 aliphatic heterocycles. The third kappa shape index (κ3) is 2.97. The Balaban J connectivity index is 1.97. The van der Waals surface area contributed by atoms with Crippen LogP contribution in [-0.4, -0.2) is 45.7 Å². The minimum absolute atomic E-state index is 0.0520. The number of hydrogen-bond donors (Lipinski definition) is 1. The van der Waals surface area contributed by atoms with E-state index in [0.717, 1.165) is 38.4 Å². The largest absolute Gasteiger partial charge is 0.417 e. The van der Waals surface area contributed by atoms with Crippen LogP contribution >= 0.6 is 11.6 Å². The van der Waals surface area contributed by atoms with Crippen molar-refractivity contribution in [1.82, 2.24) is 24.8 Å². The molecule has 1 N–H and O–H groups in total. The van der Waals surface area contributed by atoms with Crippen LogP contribution in [0.25, 0.3) is 5.65 Å². The second-order valence-corrected chi connectivity index (χ2v) is 5.32. The number of rotatable bonds is 2. The van der Waals surface area contributed by atoms with Gasteiger partial charge in [0.25, 0.3) is 0 Å². The molecular weight excluding hydrogens is 307 g/mol. The summed E-state index contributed by atoms with van der Waals surface area (Å²) in [6, 6.07) is 0.875. The Morgan fingerprint density at radius 2 is 1.95 bits per heavy atom. The SMILES string of the molecule is FC(F)(F)c1cc(Cl)c2nnc(CN3CCNCC3)n2c1. The van der Waals surface area contributed by atoms with Crippen LogP contribution in [-0.2, 0) is 12.7 Å². The topological polar surface area (TPSA) is 45.5 Å². The van der Waals surface area contributed by atoms with E-state index in [1.54, 1.807) is 0 Å². The Morgan fingerprint density at radius 3 is 2.62 bits per heavy atom. The fourth-order valence-corrected chi connectivity index (χ4v) is 2.58. The molecule has 1 saturated heterocycles. The zero-order valence-corrected chi connectivity index (χ0v) is 11.7. The maximum atomic E-state index is 12.9. The first kappa shape index (κ1) is 14.6. The fourth-order valence-electron chi connectivity index (χ4n) is 2.33. The van der Waals surface area contributed by atoms with Crippen molar-refractivity contribution in [3.63, 3.8) is 0 Å². The van der Waals surface area contributed by atoms with Gasteiger partial charge in [-0.05, 0) is 6.07 Å². The van der Waals surface area contributed by atoms with Gasteiger partial charge in [0.15, 0.2) is 11.5 Å². The molecular formula is C12H13ClF3N5. The second kappa shape index (κ2) is 5.43. The van der Waals surface area contributed by atoms with Gasteiger partial charge in [-0.3, -0.25) is 9.30 Å². The molecule has 0 spiro atoms. The first-order chi connectivity index (χ1) is 9.95. The molecule has 0 aliphatic carbocycles. The summed E-state index contributed by atoms with van der Waals surface area (Å²) < 4.78 is 39.9. The van der Waals surface area contributed by atoms with Crippen LogP contribution in [0.4, 0.5) is 13.2 Å². The fraction of sp³-hybridized carbons (Fsp3) is 0.500. The lowest BCUT2D eigenvalue weighted by atomic mass is 10.2. The normalized spacial score (nSPS) is 17.5. The number of fused-ring (bicyclic) bond motifs is 1. The minimum Gasteiger partial charge on any atom is -0.314 e. The first-order valence-electron chi connectivity index (χ1n) is 6.48. The number of alkyl halides is 3. The lowest BCUT2D eigenvalue weighted by Crippen LogP contribution is -2.43. The second-order valence-electron chi connectivity index (χ2n) is 4.91. The van der Waals surface area contributed by atoms with E-state index < -0.39 is 11.7 Å². The molecule has 2 aromatic rings. The van der Waals surface area contributed by atoms with Crippen molar-refractivity contribution < 1.29 is 13.2 Å². The summed E-state index contributed by atoms with van der Waals surface area (Å²) in [6.45, 7) is 3.79. The Labute approximate surface area is 123 Å². The number of aromatic nitrogens is 3. The molecule has 0 atom stereocenters. The van der Waals surface area contributed by atoms with Gasteiger partial charge >= 0.3 is 6.18 Å². The first-order valence-corrected chi connectivity index (χ1v) is 6.86. The molecule has 3 heterocycles. The zero-order valence-electron chi connectivity index (χ0n) is 11.0. The Morgan fingerprint density at radius 1 is 1.24 bits per heavy atom. The van der Waals surface area contributed by atoms with E-state index in [1.165, 1.54) is 4.40 Å². The van der Waals surface area contributed by atoms with Gasteiger partial charge in [-0.25, -0.2) is 0 Å². The molecule has 0 unspecified atom stereocenters. The molecule has 0 bridgehead atoms. The molecule has 5 nitrogen and oxygen atoms in total. The van der Waals surface area contributed by atoms with Crippen LogP contribution in [0, 0.1) is 0 Å². The van der Waals surface area contributed by atoms with Gasteiger partial charge in [0.2, 0.25) is 0 Å². The molecule has 9 heteroatoms. The van der Waals surface area contributed by atoms with Crippen molar-refractivity contribution >= 4 is 17.2 Å². The molecule has 114 valence electrons. The van der Waals surface area contributed by atoms with Gasteiger partial charge in [-0.15, -0.1) is 10.2 Å². The highest BCUT2D eigenvalue weighted by Crippen LogP contribution is 2.32. The van der Waals surface area contributed by atoms with Gasteiger partial charge in [-0.1, -0.05) is 11.6 Å². The average Bonchev–Trinajstić information content (AvgIpc) is 2.83. The van der Waals surface area contributed by atoms with E-state index in [0.29, 0.717) is 12.4 Å². The lowest BCUT2D eigenvalue weighted by Gasteiger charge is -2.26. The Bertz CT molecular complexity index is 648. The van der Waals surface area contributed by atoms with E-state index in [-0.39, 0.29) is 10.7 Å². The van der Waals surface area contributed by atoms with Crippen molar-refractivity contribution in [3.05, 3.63) is 28.7 Å². The summed E-state index contributed by atoms with van der Waals surface area (Å²) in [7, 11) is 0. The summed E-state index contributed by atoms with van der Waals surface area (Å²) in [5.41, 5.74) is -0.559. The van der Waals surface area contributed by atoms with Crippen LogP contribution in [0.3, 0.4) is 0 Å². The number of pyridine rings is 1. The number of piperazine rings is 1. The van der Waals surface area contributed by atoms with Crippen molar-refractivity contribution in [1.29, 1.82) is 0 Å². The molecule has 0 radical (unpaired) electrons. The third-order valence-electron chi connectivity index (χ3n) is 3.43. The van der Waals surface area contributed by atoms with Crippen LogP contribution < -0.4 is 5.32 Å². The van der Waals surface area contributed by atoms with Crippen LogP contribution in [0.15, 0.2) is 12.3 Å². The summed E-state index contributed by atoms with van der Waals surface area (Å²) in [6.07, 6.45) is -3.45. The molecule has 0 saturated carbocycles. The standard InChI is InChI=1S/C12H13ClF3N5/c13-9-5-8(12(14,15)16)6-21-10(18-19-11(9)21)7-20-3-1-17-2-4-20/h5-6,17H,1-4,7H2. The highest BCUT2D eigenvalue weighted by atomic mass is 35.5. The van der Waals surface area contributed by atoms with Gasteiger partial charge < -0.3 is 5.32 Å². The summed E-state index contributed by atoms with van der Waals surface area (Å²) in [4.78, 5) is 2.11. The van der Waals surface area contributed by atoms with E-state index >= 15 is 0 Å². The Kier molecular flexibility index (Phi) is 3.76. The van der Waals surface area contributed by atoms with Crippen molar-refractivity contribution in [2.45, 2.75) is 12.7 Å². The quantitative estimate of drug-likeness (QED) is 0.917. The van der Waals surface area contributed by atoms with E-state index in [4.69, 9.17) is 11.6 Å². The molecule has 1 fully saturated rings. The maximum Gasteiger partial charge on any atom is 0.417 e. The molecule has 21 heavy (non-hydrogen) atoms. The number of halogens is 4. The molecule has 1 aliphatic rings. The minimum atomic E-state index is -4.45. The smallest absolute Gasteiger partial charge is 0.314 e. The van der Waals surface area contributed by atoms with Gasteiger partial charge in [-0.2, -0.15) is 13.2 Å². The van der Waals surface area contributed by atoms with E-state index in [2.05, 4.69) is 20.4 Å². The highest BCUT2D eigenvalue weighted by Gasteiger charge is 2.32. The number of hydrogen-bond acceptors (Lipinski definition) is 4. The van der Waals surface area contributed by atoms with Crippen molar-refractivity contribution in [3.8, 4) is 0 Å². The molecule has 0 amide bonds. The van der Waals surface area contributed by atoms with Crippen molar-refractivity contribution in [2.24, 2.45) is 0 Å². The molecule has 2 aromatic heterocycles. The predicted octanol–water partition coefficient (Wildman–Crippen LogP) is 1.81. The predicted molar refractivity (Wildman–Crippen MR) is 71.1 cm³/mol. The molecule has 0 aromatic carbocycles. The van der Waals surface area contributed by atoms with Gasteiger partial charge in [0.1, 0.15) is 0 Å². The monoisotopic (exact) mass is 319 g/mol. The van der Waals surface area contributed by atoms with Crippen LogP contribution in [0.2, 0.25) is 5.02 Å². The van der Waals surface area contributed by atoms with Crippen LogP contribution in [0.1, 0.15) is 11.4 Å². The molecule has 3 rings (SSSR count). The van der Waals surface area contributed by atoms with Crippen LogP contribution in [0.5, 0.6) is 0 Å². The number of nitrogens with one attached hydrogen (secondary N) is 1. The van der Waals surface area contributed by atoms with Gasteiger partial charge in [0, 0.05) is 32.4 Å². The number of nitrogens with zero attached hydrogens (tertiary/aromatic N) is 4. The highest BCUT2D eigenvalue weighted by molar-refractivity contribution is 6.33. The Hall–Kier alpha value is -1.38. The lowest BCUT2D eigenvalue weighted by molar-refractivity contribution is -0.137. The summed E-state index contributed by atoms with van der Waals surface area (Å²) in [5.74, 6) is 0.458. The average molecular weight is 320 g/mol. The van der Waals surface area contributed by atoms with E-state index in [1.807, 2.05) is 0 Å². The third-order valence-corrected chi connectivity index (χ3v) is 3.71. The summed E-state index contributed by atoms with van der Waals surface area (Å²) in [5, 5.41) is 11.0. The van der Waals surface area contributed by atoms with Crippen molar-refractivity contribution in [2.75, 3.05) is 26.2 Å². The van der Waals surface area contributed by atoms with E-state index in [9.17, 15) is 13.2 Å². The maximum absolute atomic E-state index is 12.9.